The quantitative estimate of drug-likeness (QED) is 0.646. The number of thiazole rings is 1. The van der Waals surface area contributed by atoms with Crippen molar-refractivity contribution < 1.29 is 22.4 Å². The van der Waals surface area contributed by atoms with E-state index in [-0.39, 0.29) is 5.13 Å². The van der Waals surface area contributed by atoms with Gasteiger partial charge in [-0.25, -0.2) is 9.37 Å². The topological polar surface area (TPSA) is 42.0 Å². The number of carbonyl (C=O) groups excluding carboxylic acids is 1. The van der Waals surface area contributed by atoms with Crippen molar-refractivity contribution in [3.8, 4) is 11.3 Å². The molecule has 0 aliphatic rings. The molecule has 25 heavy (non-hydrogen) atoms. The van der Waals surface area contributed by atoms with Crippen LogP contribution in [0.25, 0.3) is 11.3 Å². The lowest BCUT2D eigenvalue weighted by Gasteiger charge is -2.11. The van der Waals surface area contributed by atoms with E-state index < -0.39 is 29.0 Å². The first kappa shape index (κ1) is 17.1. The molecular formula is C17H10F4N2OS. The molecule has 3 nitrogen and oxygen atoms in total. The normalized spacial score (nSPS) is 11.4. The second-order valence-electron chi connectivity index (χ2n) is 5.04. The molecule has 0 bridgehead atoms. The van der Waals surface area contributed by atoms with Crippen LogP contribution in [-0.4, -0.2) is 10.9 Å². The van der Waals surface area contributed by atoms with Crippen LogP contribution in [0.2, 0.25) is 0 Å². The molecule has 1 N–H and O–H groups in total. The van der Waals surface area contributed by atoms with Gasteiger partial charge < -0.3 is 0 Å². The van der Waals surface area contributed by atoms with Crippen molar-refractivity contribution in [3.63, 3.8) is 0 Å². The van der Waals surface area contributed by atoms with Crippen molar-refractivity contribution in [3.05, 3.63) is 70.9 Å². The number of hydrogen-bond acceptors (Lipinski definition) is 3. The molecule has 1 aromatic heterocycles. The van der Waals surface area contributed by atoms with Gasteiger partial charge in [0.2, 0.25) is 0 Å². The Balaban J connectivity index is 1.82. The molecule has 0 saturated heterocycles. The van der Waals surface area contributed by atoms with Gasteiger partial charge in [-0.2, -0.15) is 13.2 Å². The minimum Gasteiger partial charge on any atom is -0.298 e. The van der Waals surface area contributed by atoms with Crippen LogP contribution in [0.5, 0.6) is 0 Å². The van der Waals surface area contributed by atoms with E-state index in [1.54, 1.807) is 5.38 Å². The summed E-state index contributed by atoms with van der Waals surface area (Å²) in [5.41, 5.74) is -0.366. The number of nitrogens with one attached hydrogen (secondary N) is 1. The van der Waals surface area contributed by atoms with Crippen molar-refractivity contribution in [1.29, 1.82) is 0 Å². The third kappa shape index (κ3) is 3.85. The minimum atomic E-state index is -4.63. The molecule has 0 unspecified atom stereocenters. The SMILES string of the molecule is O=C(Nc1nc(-c2ccc(F)cc2)cs1)c1ccccc1C(F)(F)F. The number of nitrogens with zero attached hydrogens (tertiary/aromatic N) is 1. The summed E-state index contributed by atoms with van der Waals surface area (Å²) in [7, 11) is 0. The largest absolute Gasteiger partial charge is 0.417 e. The maximum Gasteiger partial charge on any atom is 0.417 e. The number of anilines is 1. The number of benzene rings is 2. The zero-order valence-electron chi connectivity index (χ0n) is 12.5. The summed E-state index contributed by atoms with van der Waals surface area (Å²) in [6.45, 7) is 0. The minimum absolute atomic E-state index is 0.154. The van der Waals surface area contributed by atoms with Gasteiger partial charge in [0.1, 0.15) is 5.82 Å². The molecule has 3 aromatic rings. The van der Waals surface area contributed by atoms with E-state index in [0.717, 1.165) is 23.5 Å². The van der Waals surface area contributed by atoms with Gasteiger partial charge in [-0.1, -0.05) is 12.1 Å². The van der Waals surface area contributed by atoms with E-state index in [1.165, 1.54) is 36.4 Å². The summed E-state index contributed by atoms with van der Waals surface area (Å²) in [5, 5.41) is 4.14. The first-order valence-electron chi connectivity index (χ1n) is 7.03. The van der Waals surface area contributed by atoms with Gasteiger partial charge in [0.05, 0.1) is 16.8 Å². The molecule has 0 atom stereocenters. The molecule has 3 rings (SSSR count). The van der Waals surface area contributed by atoms with Gasteiger partial charge in [0, 0.05) is 10.9 Å². The highest BCUT2D eigenvalue weighted by molar-refractivity contribution is 7.14. The fourth-order valence-corrected chi connectivity index (χ4v) is 2.89. The van der Waals surface area contributed by atoms with Gasteiger partial charge in [0.25, 0.3) is 5.91 Å². The van der Waals surface area contributed by atoms with Crippen molar-refractivity contribution in [2.24, 2.45) is 0 Å². The average molecular weight is 366 g/mol. The zero-order valence-corrected chi connectivity index (χ0v) is 13.3. The van der Waals surface area contributed by atoms with Gasteiger partial charge in [-0.3, -0.25) is 10.1 Å². The summed E-state index contributed by atoms with van der Waals surface area (Å²) in [6, 6.07) is 10.1. The monoisotopic (exact) mass is 366 g/mol. The van der Waals surface area contributed by atoms with Gasteiger partial charge in [-0.15, -0.1) is 11.3 Å². The van der Waals surface area contributed by atoms with Gasteiger partial charge >= 0.3 is 6.18 Å². The van der Waals surface area contributed by atoms with Crippen LogP contribution in [0.15, 0.2) is 53.9 Å². The first-order valence-corrected chi connectivity index (χ1v) is 7.91. The standard InChI is InChI=1S/C17H10F4N2OS/c18-11-7-5-10(6-8-11)14-9-25-16(22-14)23-15(24)12-3-1-2-4-13(12)17(19,20)21/h1-9H,(H,22,23,24). The Labute approximate surface area is 144 Å². The maximum absolute atomic E-state index is 13.0. The Kier molecular flexibility index (Phi) is 4.54. The van der Waals surface area contributed by atoms with E-state index in [1.807, 2.05) is 0 Å². The number of hydrogen-bond donors (Lipinski definition) is 1. The Morgan fingerprint density at radius 2 is 1.72 bits per heavy atom. The zero-order chi connectivity index (χ0) is 18.0. The van der Waals surface area contributed by atoms with E-state index in [9.17, 15) is 22.4 Å². The summed E-state index contributed by atoms with van der Waals surface area (Å²) in [4.78, 5) is 16.3. The van der Waals surface area contributed by atoms with E-state index in [4.69, 9.17) is 0 Å². The van der Waals surface area contributed by atoms with Crippen molar-refractivity contribution >= 4 is 22.4 Å². The van der Waals surface area contributed by atoms with Crippen LogP contribution in [0, 0.1) is 5.82 Å². The number of alkyl halides is 3. The van der Waals surface area contributed by atoms with Crippen LogP contribution in [-0.2, 0) is 6.18 Å². The van der Waals surface area contributed by atoms with Crippen LogP contribution in [0.1, 0.15) is 15.9 Å². The highest BCUT2D eigenvalue weighted by atomic mass is 32.1. The van der Waals surface area contributed by atoms with Crippen LogP contribution in [0.3, 0.4) is 0 Å². The predicted molar refractivity (Wildman–Crippen MR) is 86.9 cm³/mol. The Morgan fingerprint density at radius 3 is 2.40 bits per heavy atom. The van der Waals surface area contributed by atoms with Crippen LogP contribution < -0.4 is 5.32 Å². The molecule has 8 heteroatoms. The van der Waals surface area contributed by atoms with E-state index in [0.29, 0.717) is 11.3 Å². The second kappa shape index (κ2) is 6.64. The molecule has 1 heterocycles. The number of carbonyl (C=O) groups is 1. The Hall–Kier alpha value is -2.74. The summed E-state index contributed by atoms with van der Waals surface area (Å²) in [5.74, 6) is -1.29. The third-order valence-electron chi connectivity index (χ3n) is 3.34. The number of rotatable bonds is 3. The highest BCUT2D eigenvalue weighted by Gasteiger charge is 2.34. The molecule has 0 radical (unpaired) electrons. The molecule has 128 valence electrons. The van der Waals surface area contributed by atoms with Crippen molar-refractivity contribution in [2.45, 2.75) is 6.18 Å². The smallest absolute Gasteiger partial charge is 0.298 e. The summed E-state index contributed by atoms with van der Waals surface area (Å²) < 4.78 is 51.9. The fraction of sp³-hybridized carbons (Fsp3) is 0.0588. The average Bonchev–Trinajstić information content (AvgIpc) is 3.03. The summed E-state index contributed by atoms with van der Waals surface area (Å²) >= 11 is 1.07. The van der Waals surface area contributed by atoms with Crippen LogP contribution in [0.4, 0.5) is 22.7 Å². The first-order chi connectivity index (χ1) is 11.8. The molecule has 0 saturated carbocycles. The molecule has 0 fully saturated rings. The van der Waals surface area contributed by atoms with Crippen LogP contribution >= 0.6 is 11.3 Å². The van der Waals surface area contributed by atoms with Gasteiger partial charge in [-0.05, 0) is 36.4 Å². The molecule has 0 aliphatic carbocycles. The molecule has 1 amide bonds. The Bertz CT molecular complexity index is 904. The molecule has 0 aliphatic heterocycles. The predicted octanol–water partition coefficient (Wildman–Crippen LogP) is 5.22. The Morgan fingerprint density at radius 1 is 1.04 bits per heavy atom. The lowest BCUT2D eigenvalue weighted by atomic mass is 10.1. The second-order valence-corrected chi connectivity index (χ2v) is 5.90. The van der Waals surface area contributed by atoms with E-state index in [2.05, 4.69) is 10.3 Å². The lowest BCUT2D eigenvalue weighted by molar-refractivity contribution is -0.137. The highest BCUT2D eigenvalue weighted by Crippen LogP contribution is 2.32. The fourth-order valence-electron chi connectivity index (χ4n) is 2.18. The summed E-state index contributed by atoms with van der Waals surface area (Å²) in [6.07, 6.45) is -4.63. The van der Waals surface area contributed by atoms with Crippen molar-refractivity contribution in [2.75, 3.05) is 5.32 Å². The molecular weight excluding hydrogens is 356 g/mol. The third-order valence-corrected chi connectivity index (χ3v) is 4.10. The molecule has 2 aromatic carbocycles. The number of aromatic nitrogens is 1. The molecule has 0 spiro atoms. The lowest BCUT2D eigenvalue weighted by Crippen LogP contribution is -2.18. The van der Waals surface area contributed by atoms with Gasteiger partial charge in [0.15, 0.2) is 5.13 Å². The van der Waals surface area contributed by atoms with Crippen molar-refractivity contribution in [1.82, 2.24) is 4.98 Å². The maximum atomic E-state index is 13.0. The number of amides is 1. The van der Waals surface area contributed by atoms with E-state index >= 15 is 0 Å². The number of halogens is 4.